The second-order valence-electron chi connectivity index (χ2n) is 7.19. The monoisotopic (exact) mass is 416 g/mol. The van der Waals surface area contributed by atoms with E-state index in [2.05, 4.69) is 5.32 Å². The molecule has 3 rings (SSSR count). The number of rotatable bonds is 10. The van der Waals surface area contributed by atoms with E-state index in [4.69, 9.17) is 4.74 Å². The Morgan fingerprint density at radius 2 is 1.45 bits per heavy atom. The van der Waals surface area contributed by atoms with Gasteiger partial charge in [0.05, 0.1) is 0 Å². The fourth-order valence-electron chi connectivity index (χ4n) is 3.18. The Hall–Kier alpha value is -3.60. The zero-order valence-corrected chi connectivity index (χ0v) is 17.8. The van der Waals surface area contributed by atoms with E-state index in [0.29, 0.717) is 37.2 Å². The van der Waals surface area contributed by atoms with Gasteiger partial charge in [-0.25, -0.2) is 0 Å². The van der Waals surface area contributed by atoms with Gasteiger partial charge in [-0.05, 0) is 61.4 Å². The van der Waals surface area contributed by atoms with Crippen LogP contribution >= 0.6 is 0 Å². The third-order valence-electron chi connectivity index (χ3n) is 4.75. The minimum atomic E-state index is -0.0720. The molecule has 31 heavy (non-hydrogen) atoms. The molecule has 0 aliphatic carbocycles. The van der Waals surface area contributed by atoms with Crippen LogP contribution < -0.4 is 15.0 Å². The van der Waals surface area contributed by atoms with Crippen molar-refractivity contribution in [2.24, 2.45) is 0 Å². The first-order valence-electron chi connectivity index (χ1n) is 10.6. The van der Waals surface area contributed by atoms with Crippen LogP contribution in [0.1, 0.15) is 36.5 Å². The Morgan fingerprint density at radius 1 is 0.839 bits per heavy atom. The smallest absolute Gasteiger partial charge is 0.258 e. The molecule has 160 valence electrons. The summed E-state index contributed by atoms with van der Waals surface area (Å²) < 4.78 is 5.86. The van der Waals surface area contributed by atoms with Crippen LogP contribution in [0.3, 0.4) is 0 Å². The van der Waals surface area contributed by atoms with E-state index in [1.165, 1.54) is 0 Å². The lowest BCUT2D eigenvalue weighted by molar-refractivity contribution is -0.121. The van der Waals surface area contributed by atoms with Crippen LogP contribution in [0.5, 0.6) is 11.5 Å². The molecule has 0 heterocycles. The van der Waals surface area contributed by atoms with Gasteiger partial charge in [0.15, 0.2) is 0 Å². The molecule has 0 aliphatic rings. The van der Waals surface area contributed by atoms with Gasteiger partial charge in [-0.15, -0.1) is 0 Å². The van der Waals surface area contributed by atoms with Gasteiger partial charge in [0.1, 0.15) is 11.5 Å². The molecule has 0 fully saturated rings. The Kier molecular flexibility index (Phi) is 8.23. The fraction of sp³-hybridized carbons (Fsp3) is 0.231. The maximum atomic E-state index is 13.2. The zero-order valence-electron chi connectivity index (χ0n) is 17.8. The van der Waals surface area contributed by atoms with Crippen molar-refractivity contribution < 1.29 is 14.3 Å². The van der Waals surface area contributed by atoms with Crippen LogP contribution in [-0.4, -0.2) is 24.9 Å². The van der Waals surface area contributed by atoms with Gasteiger partial charge < -0.3 is 15.0 Å². The normalized spacial score (nSPS) is 10.4. The summed E-state index contributed by atoms with van der Waals surface area (Å²) in [6.45, 7) is 3.01. The molecular weight excluding hydrogens is 388 g/mol. The van der Waals surface area contributed by atoms with Crippen LogP contribution in [0, 0.1) is 0 Å². The molecule has 0 unspecified atom stereocenters. The fourth-order valence-corrected chi connectivity index (χ4v) is 3.18. The highest BCUT2D eigenvalue weighted by molar-refractivity contribution is 6.06. The van der Waals surface area contributed by atoms with Gasteiger partial charge in [0, 0.05) is 30.8 Å². The summed E-state index contributed by atoms with van der Waals surface area (Å²) in [5.74, 6) is 1.44. The highest BCUT2D eigenvalue weighted by Gasteiger charge is 2.17. The van der Waals surface area contributed by atoms with Gasteiger partial charge in [-0.3, -0.25) is 9.59 Å². The number of carbonyl (C=O) groups excluding carboxylic acids is 2. The maximum Gasteiger partial charge on any atom is 0.258 e. The van der Waals surface area contributed by atoms with E-state index in [9.17, 15) is 9.59 Å². The highest BCUT2D eigenvalue weighted by atomic mass is 16.5. The SMILES string of the molecule is CCCC(=O)NCCCN(C(=O)c1ccccc1)c1ccc(Oc2ccccc2)cc1. The molecule has 5 heteroatoms. The molecule has 3 aromatic rings. The molecule has 0 atom stereocenters. The molecule has 0 aromatic heterocycles. The third kappa shape index (κ3) is 6.71. The third-order valence-corrected chi connectivity index (χ3v) is 4.75. The average Bonchev–Trinajstić information content (AvgIpc) is 2.81. The van der Waals surface area contributed by atoms with Crippen LogP contribution in [-0.2, 0) is 4.79 Å². The van der Waals surface area contributed by atoms with E-state index in [0.717, 1.165) is 17.9 Å². The summed E-state index contributed by atoms with van der Waals surface area (Å²) in [6, 6.07) is 26.3. The van der Waals surface area contributed by atoms with E-state index in [1.807, 2.05) is 91.9 Å². The lowest BCUT2D eigenvalue weighted by Crippen LogP contribution is -2.34. The molecular formula is C26H28N2O3. The molecule has 3 aromatic carbocycles. The van der Waals surface area contributed by atoms with E-state index < -0.39 is 0 Å². The summed E-state index contributed by atoms with van der Waals surface area (Å²) >= 11 is 0. The standard InChI is InChI=1S/C26H28N2O3/c1-2-10-25(29)27-19-9-20-28(26(30)21-11-5-3-6-12-21)22-15-17-24(18-16-22)31-23-13-7-4-8-14-23/h3-8,11-18H,2,9-10,19-20H2,1H3,(H,27,29). The van der Waals surface area contributed by atoms with Crippen LogP contribution in [0.4, 0.5) is 5.69 Å². The van der Waals surface area contributed by atoms with Gasteiger partial charge in [-0.1, -0.05) is 43.3 Å². The number of amides is 2. The minimum Gasteiger partial charge on any atom is -0.457 e. The van der Waals surface area contributed by atoms with Crippen molar-refractivity contribution in [3.8, 4) is 11.5 Å². The lowest BCUT2D eigenvalue weighted by Gasteiger charge is -2.23. The summed E-state index contributed by atoms with van der Waals surface area (Å²) in [6.07, 6.45) is 2.01. The predicted octanol–water partition coefficient (Wildman–Crippen LogP) is 5.43. The van der Waals surface area contributed by atoms with Crippen molar-refractivity contribution in [1.82, 2.24) is 5.32 Å². The topological polar surface area (TPSA) is 58.6 Å². The molecule has 0 aliphatic heterocycles. The number of benzene rings is 3. The summed E-state index contributed by atoms with van der Waals surface area (Å²) in [5.41, 5.74) is 1.41. The Morgan fingerprint density at radius 3 is 2.10 bits per heavy atom. The maximum absolute atomic E-state index is 13.2. The number of anilines is 1. The van der Waals surface area contributed by atoms with Gasteiger partial charge in [0.25, 0.3) is 5.91 Å². The van der Waals surface area contributed by atoms with Crippen LogP contribution in [0.15, 0.2) is 84.9 Å². The van der Waals surface area contributed by atoms with Crippen molar-refractivity contribution >= 4 is 17.5 Å². The minimum absolute atomic E-state index is 0.0471. The molecule has 0 spiro atoms. The predicted molar refractivity (Wildman–Crippen MR) is 124 cm³/mol. The number of carbonyl (C=O) groups is 2. The first kappa shape index (κ1) is 22.1. The Bertz CT molecular complexity index is 957. The van der Waals surface area contributed by atoms with Crippen molar-refractivity contribution in [2.45, 2.75) is 26.2 Å². The Balaban J connectivity index is 1.70. The molecule has 0 radical (unpaired) electrons. The van der Waals surface area contributed by atoms with E-state index in [-0.39, 0.29) is 11.8 Å². The van der Waals surface area contributed by atoms with Crippen molar-refractivity contribution in [1.29, 1.82) is 0 Å². The number of ether oxygens (including phenoxy) is 1. The van der Waals surface area contributed by atoms with Crippen molar-refractivity contribution in [3.63, 3.8) is 0 Å². The van der Waals surface area contributed by atoms with Crippen LogP contribution in [0.25, 0.3) is 0 Å². The van der Waals surface area contributed by atoms with Crippen LogP contribution in [0.2, 0.25) is 0 Å². The first-order valence-corrected chi connectivity index (χ1v) is 10.6. The number of nitrogens with one attached hydrogen (secondary N) is 1. The molecule has 0 saturated carbocycles. The summed E-state index contributed by atoms with van der Waals surface area (Å²) in [5, 5.41) is 2.91. The quantitative estimate of drug-likeness (QED) is 0.448. The van der Waals surface area contributed by atoms with Crippen molar-refractivity contribution in [3.05, 3.63) is 90.5 Å². The van der Waals surface area contributed by atoms with E-state index >= 15 is 0 Å². The number of hydrogen-bond donors (Lipinski definition) is 1. The zero-order chi connectivity index (χ0) is 21.9. The van der Waals surface area contributed by atoms with Gasteiger partial charge >= 0.3 is 0 Å². The Labute approximate surface area is 183 Å². The second kappa shape index (κ2) is 11.6. The first-order chi connectivity index (χ1) is 15.2. The van der Waals surface area contributed by atoms with Gasteiger partial charge in [-0.2, -0.15) is 0 Å². The second-order valence-corrected chi connectivity index (χ2v) is 7.19. The summed E-state index contributed by atoms with van der Waals surface area (Å²) in [4.78, 5) is 26.6. The number of nitrogens with zero attached hydrogens (tertiary/aromatic N) is 1. The van der Waals surface area contributed by atoms with Gasteiger partial charge in [0.2, 0.25) is 5.91 Å². The number of para-hydroxylation sites is 1. The lowest BCUT2D eigenvalue weighted by atomic mass is 10.1. The largest absolute Gasteiger partial charge is 0.457 e. The highest BCUT2D eigenvalue weighted by Crippen LogP contribution is 2.25. The summed E-state index contributed by atoms with van der Waals surface area (Å²) in [7, 11) is 0. The van der Waals surface area contributed by atoms with E-state index in [1.54, 1.807) is 4.90 Å². The van der Waals surface area contributed by atoms with Crippen molar-refractivity contribution in [2.75, 3.05) is 18.0 Å². The molecule has 1 N–H and O–H groups in total. The molecule has 0 bridgehead atoms. The molecule has 0 saturated heterocycles. The molecule has 5 nitrogen and oxygen atoms in total. The number of hydrogen-bond acceptors (Lipinski definition) is 3. The average molecular weight is 417 g/mol. The molecule has 2 amide bonds.